The maximum atomic E-state index is 9.34. The van der Waals surface area contributed by atoms with Gasteiger partial charge in [-0.25, -0.2) is 4.58 Å². The molecule has 1 aliphatic heterocycles. The van der Waals surface area contributed by atoms with Gasteiger partial charge in [-0.15, -0.1) is 0 Å². The van der Waals surface area contributed by atoms with Crippen molar-refractivity contribution in [1.82, 2.24) is 0 Å². The molecule has 0 fully saturated rings. The Morgan fingerprint density at radius 2 is 2.27 bits per heavy atom. The van der Waals surface area contributed by atoms with Gasteiger partial charge in [0.2, 0.25) is 0 Å². The quantitative estimate of drug-likeness (QED) is 0.619. The van der Waals surface area contributed by atoms with Crippen molar-refractivity contribution in [2.45, 2.75) is 33.1 Å². The summed E-state index contributed by atoms with van der Waals surface area (Å²) in [6.45, 7) is 6.52. The highest BCUT2D eigenvalue weighted by Crippen LogP contribution is 2.05. The summed E-state index contributed by atoms with van der Waals surface area (Å²) >= 11 is 0. The SMILES string of the molecule is CC(C)CC[N+]1=C(O)CCC1. The first-order valence-corrected chi connectivity index (χ1v) is 4.50. The zero-order chi connectivity index (χ0) is 8.27. The van der Waals surface area contributed by atoms with Gasteiger partial charge in [0.25, 0.3) is 0 Å². The topological polar surface area (TPSA) is 23.2 Å². The van der Waals surface area contributed by atoms with Crippen LogP contribution in [0, 0.1) is 5.92 Å². The summed E-state index contributed by atoms with van der Waals surface area (Å²) in [5, 5.41) is 9.34. The van der Waals surface area contributed by atoms with Crippen molar-refractivity contribution in [2.75, 3.05) is 13.1 Å². The fourth-order valence-corrected chi connectivity index (χ4v) is 1.37. The highest BCUT2D eigenvalue weighted by Gasteiger charge is 2.20. The highest BCUT2D eigenvalue weighted by molar-refractivity contribution is 5.69. The summed E-state index contributed by atoms with van der Waals surface area (Å²) in [6, 6.07) is 0. The van der Waals surface area contributed by atoms with Gasteiger partial charge in [0.05, 0.1) is 6.42 Å². The number of hydrogen-bond acceptors (Lipinski definition) is 0. The molecule has 0 atom stereocenters. The van der Waals surface area contributed by atoms with Gasteiger partial charge >= 0.3 is 5.90 Å². The molecule has 0 saturated carbocycles. The van der Waals surface area contributed by atoms with Crippen LogP contribution in [0.4, 0.5) is 0 Å². The lowest BCUT2D eigenvalue weighted by atomic mass is 10.1. The van der Waals surface area contributed by atoms with Gasteiger partial charge < -0.3 is 5.11 Å². The van der Waals surface area contributed by atoms with Crippen molar-refractivity contribution in [2.24, 2.45) is 5.92 Å². The Hall–Kier alpha value is -0.530. The molecular weight excluding hydrogens is 138 g/mol. The lowest BCUT2D eigenvalue weighted by Gasteiger charge is -2.01. The molecule has 0 aromatic rings. The van der Waals surface area contributed by atoms with Crippen LogP contribution in [0.5, 0.6) is 0 Å². The van der Waals surface area contributed by atoms with Gasteiger partial charge in [-0.05, 0) is 5.92 Å². The Balaban J connectivity index is 2.31. The van der Waals surface area contributed by atoms with E-state index in [1.54, 1.807) is 0 Å². The average molecular weight is 156 g/mol. The monoisotopic (exact) mass is 156 g/mol. The van der Waals surface area contributed by atoms with E-state index in [1.807, 2.05) is 0 Å². The molecule has 1 N–H and O–H groups in total. The normalized spacial score (nSPS) is 18.5. The van der Waals surface area contributed by atoms with Crippen LogP contribution < -0.4 is 0 Å². The van der Waals surface area contributed by atoms with Crippen molar-refractivity contribution in [1.29, 1.82) is 0 Å². The molecule has 0 bridgehead atoms. The smallest absolute Gasteiger partial charge is 0.334 e. The summed E-state index contributed by atoms with van der Waals surface area (Å²) in [7, 11) is 0. The predicted molar refractivity (Wildman–Crippen MR) is 46.3 cm³/mol. The van der Waals surface area contributed by atoms with Crippen molar-refractivity contribution >= 4 is 5.90 Å². The molecule has 0 radical (unpaired) electrons. The van der Waals surface area contributed by atoms with Crippen LogP contribution in [0.15, 0.2) is 0 Å². The molecule has 2 nitrogen and oxygen atoms in total. The number of aliphatic hydroxyl groups is 1. The van der Waals surface area contributed by atoms with Crippen LogP contribution >= 0.6 is 0 Å². The zero-order valence-corrected chi connectivity index (χ0v) is 7.51. The molecular formula is C9H18NO+. The number of hydrogen-bond donors (Lipinski definition) is 1. The van der Waals surface area contributed by atoms with E-state index in [-0.39, 0.29) is 0 Å². The molecule has 0 spiro atoms. The van der Waals surface area contributed by atoms with Gasteiger partial charge in [0.15, 0.2) is 0 Å². The van der Waals surface area contributed by atoms with Crippen molar-refractivity contribution < 1.29 is 9.68 Å². The first-order valence-electron chi connectivity index (χ1n) is 4.50. The van der Waals surface area contributed by atoms with Gasteiger partial charge in [-0.2, -0.15) is 0 Å². The molecule has 0 aromatic carbocycles. The van der Waals surface area contributed by atoms with Crippen molar-refractivity contribution in [3.8, 4) is 0 Å². The van der Waals surface area contributed by atoms with Gasteiger partial charge in [-0.3, -0.25) is 0 Å². The third-order valence-corrected chi connectivity index (χ3v) is 2.17. The first kappa shape index (κ1) is 8.57. The van der Waals surface area contributed by atoms with Gasteiger partial charge in [0.1, 0.15) is 13.1 Å². The summed E-state index contributed by atoms with van der Waals surface area (Å²) < 4.78 is 2.10. The molecule has 11 heavy (non-hydrogen) atoms. The number of rotatable bonds is 3. The third-order valence-electron chi connectivity index (χ3n) is 2.17. The zero-order valence-electron chi connectivity index (χ0n) is 7.51. The van der Waals surface area contributed by atoms with E-state index < -0.39 is 0 Å². The lowest BCUT2D eigenvalue weighted by Crippen LogP contribution is -2.17. The van der Waals surface area contributed by atoms with E-state index in [9.17, 15) is 5.11 Å². The van der Waals surface area contributed by atoms with Crippen LogP contribution in [0.3, 0.4) is 0 Å². The van der Waals surface area contributed by atoms with Crippen LogP contribution in [-0.2, 0) is 0 Å². The summed E-state index contributed by atoms with van der Waals surface area (Å²) in [5.74, 6) is 1.34. The summed E-state index contributed by atoms with van der Waals surface area (Å²) in [5.41, 5.74) is 0. The van der Waals surface area contributed by atoms with Gasteiger partial charge in [-0.1, -0.05) is 13.8 Å². The Bertz CT molecular complexity index is 161. The Labute approximate surface area is 68.6 Å². The first-order chi connectivity index (χ1) is 5.20. The average Bonchev–Trinajstić information content (AvgIpc) is 2.31. The standard InChI is InChI=1S/C9H17NO/c1-8(2)5-7-10-6-3-4-9(10)11/h8H,3-7H2,1-2H3/p+1. The molecule has 1 aliphatic rings. The van der Waals surface area contributed by atoms with E-state index in [0.29, 0.717) is 5.90 Å². The fraction of sp³-hybridized carbons (Fsp3) is 0.889. The maximum Gasteiger partial charge on any atom is 0.334 e. The molecule has 0 amide bonds. The summed E-state index contributed by atoms with van der Waals surface area (Å²) in [6.07, 6.45) is 3.20. The molecule has 64 valence electrons. The number of nitrogens with zero attached hydrogens (tertiary/aromatic N) is 1. The van der Waals surface area contributed by atoms with E-state index in [1.165, 1.54) is 6.42 Å². The number of aliphatic hydroxyl groups excluding tert-OH is 1. The van der Waals surface area contributed by atoms with Crippen LogP contribution in [0.2, 0.25) is 0 Å². The summed E-state index contributed by atoms with van der Waals surface area (Å²) in [4.78, 5) is 0. The van der Waals surface area contributed by atoms with Crippen molar-refractivity contribution in [3.05, 3.63) is 0 Å². The Kier molecular flexibility index (Phi) is 2.92. The largest absolute Gasteiger partial charge is 0.464 e. The minimum absolute atomic E-state index is 0.602. The van der Waals surface area contributed by atoms with E-state index >= 15 is 0 Å². The second kappa shape index (κ2) is 3.74. The Morgan fingerprint density at radius 1 is 1.55 bits per heavy atom. The molecule has 0 unspecified atom stereocenters. The maximum absolute atomic E-state index is 9.34. The van der Waals surface area contributed by atoms with Crippen LogP contribution in [0.1, 0.15) is 33.1 Å². The van der Waals surface area contributed by atoms with E-state index in [0.717, 1.165) is 31.8 Å². The van der Waals surface area contributed by atoms with Crippen molar-refractivity contribution in [3.63, 3.8) is 0 Å². The molecule has 1 rings (SSSR count). The second-order valence-corrected chi connectivity index (χ2v) is 3.69. The minimum atomic E-state index is 0.602. The highest BCUT2D eigenvalue weighted by atomic mass is 16.3. The second-order valence-electron chi connectivity index (χ2n) is 3.69. The van der Waals surface area contributed by atoms with E-state index in [2.05, 4.69) is 18.4 Å². The molecule has 2 heteroatoms. The van der Waals surface area contributed by atoms with Gasteiger partial charge in [0, 0.05) is 12.8 Å². The fourth-order valence-electron chi connectivity index (χ4n) is 1.37. The lowest BCUT2D eigenvalue weighted by molar-refractivity contribution is -0.528. The predicted octanol–water partition coefficient (Wildman–Crippen LogP) is 1.80. The molecule has 0 saturated heterocycles. The van der Waals surface area contributed by atoms with Crippen LogP contribution in [-0.4, -0.2) is 28.7 Å². The minimum Gasteiger partial charge on any atom is -0.464 e. The molecule has 0 aliphatic carbocycles. The third kappa shape index (κ3) is 2.52. The molecule has 0 aromatic heterocycles. The Morgan fingerprint density at radius 3 is 2.73 bits per heavy atom. The van der Waals surface area contributed by atoms with E-state index in [4.69, 9.17) is 0 Å². The molecule has 1 heterocycles. The van der Waals surface area contributed by atoms with Crippen LogP contribution in [0.25, 0.3) is 0 Å².